The molecule has 0 saturated heterocycles. The Morgan fingerprint density at radius 1 is 1.12 bits per heavy atom. The average Bonchev–Trinajstić information content (AvgIpc) is 3.11. The Balaban J connectivity index is 0.000000457. The van der Waals surface area contributed by atoms with Crippen molar-refractivity contribution in [1.29, 1.82) is 0 Å². The van der Waals surface area contributed by atoms with E-state index in [-0.39, 0.29) is 0 Å². The van der Waals surface area contributed by atoms with E-state index in [9.17, 15) is 0 Å². The Labute approximate surface area is 96.7 Å². The Bertz CT molecular complexity index is 427. The smallest absolute Gasteiger partial charge is 0.0923 e. The van der Waals surface area contributed by atoms with Crippen LogP contribution in [-0.2, 0) is 0 Å². The molecule has 2 nitrogen and oxygen atoms in total. The fourth-order valence-electron chi connectivity index (χ4n) is 1.70. The largest absolute Gasteiger partial charge is 0.282 e. The molecule has 2 heteroatoms. The highest BCUT2D eigenvalue weighted by Crippen LogP contribution is 2.39. The van der Waals surface area contributed by atoms with Gasteiger partial charge in [-0.05, 0) is 18.9 Å². The number of H-pyrrole nitrogens is 1. The summed E-state index contributed by atoms with van der Waals surface area (Å²) in [6.45, 7) is 4.00. The number of hydrogen-bond acceptors (Lipinski definition) is 1. The molecule has 16 heavy (non-hydrogen) atoms. The lowest BCUT2D eigenvalue weighted by molar-refractivity contribution is 0.967. The first-order chi connectivity index (χ1) is 7.93. The van der Waals surface area contributed by atoms with Gasteiger partial charge in [-0.25, -0.2) is 0 Å². The molecule has 1 aromatic carbocycles. The van der Waals surface area contributed by atoms with Crippen molar-refractivity contribution >= 4 is 0 Å². The monoisotopic (exact) mass is 214 g/mol. The predicted molar refractivity (Wildman–Crippen MR) is 67.3 cm³/mol. The first-order valence-electron chi connectivity index (χ1n) is 6.04. The van der Waals surface area contributed by atoms with E-state index in [4.69, 9.17) is 0 Å². The molecule has 0 bridgehead atoms. The van der Waals surface area contributed by atoms with Gasteiger partial charge in [0, 0.05) is 17.2 Å². The van der Waals surface area contributed by atoms with Crippen molar-refractivity contribution in [3.8, 4) is 11.3 Å². The van der Waals surface area contributed by atoms with Crippen molar-refractivity contribution < 1.29 is 0 Å². The topological polar surface area (TPSA) is 28.7 Å². The van der Waals surface area contributed by atoms with Gasteiger partial charge in [-0.15, -0.1) is 0 Å². The zero-order valence-corrected chi connectivity index (χ0v) is 9.90. The highest BCUT2D eigenvalue weighted by atomic mass is 15.1. The average molecular weight is 214 g/mol. The molecule has 1 aliphatic carbocycles. The molecule has 0 aliphatic heterocycles. The van der Waals surface area contributed by atoms with Gasteiger partial charge in [-0.3, -0.25) is 5.10 Å². The Hall–Kier alpha value is -1.57. The summed E-state index contributed by atoms with van der Waals surface area (Å²) in [5.74, 6) is 0.750. The van der Waals surface area contributed by atoms with E-state index in [2.05, 4.69) is 28.4 Å². The summed E-state index contributed by atoms with van der Waals surface area (Å²) in [7, 11) is 0. The first kappa shape index (κ1) is 10.9. The molecule has 1 N–H and O–H groups in total. The van der Waals surface area contributed by atoms with Gasteiger partial charge in [0.2, 0.25) is 0 Å². The molecule has 0 radical (unpaired) electrons. The first-order valence-corrected chi connectivity index (χ1v) is 6.04. The summed E-state index contributed by atoms with van der Waals surface area (Å²) in [5.41, 5.74) is 3.55. The molecule has 0 atom stereocenters. The molecule has 1 saturated carbocycles. The fraction of sp³-hybridized carbons (Fsp3) is 0.357. The lowest BCUT2D eigenvalue weighted by Crippen LogP contribution is -1.76. The molecule has 0 spiro atoms. The van der Waals surface area contributed by atoms with E-state index >= 15 is 0 Å². The van der Waals surface area contributed by atoms with Crippen molar-refractivity contribution in [3.63, 3.8) is 0 Å². The number of benzene rings is 1. The van der Waals surface area contributed by atoms with Crippen LogP contribution in [0.3, 0.4) is 0 Å². The van der Waals surface area contributed by atoms with Crippen LogP contribution < -0.4 is 0 Å². The third-order valence-electron chi connectivity index (χ3n) is 2.68. The minimum absolute atomic E-state index is 0.750. The third-order valence-corrected chi connectivity index (χ3v) is 2.68. The molecule has 1 heterocycles. The SMILES string of the molecule is CC.c1ccc(-c2cc(C3CC3)[nH]n2)cc1. The summed E-state index contributed by atoms with van der Waals surface area (Å²) in [4.78, 5) is 0. The maximum absolute atomic E-state index is 4.32. The highest BCUT2D eigenvalue weighted by molar-refractivity contribution is 5.59. The van der Waals surface area contributed by atoms with Gasteiger partial charge in [-0.2, -0.15) is 5.10 Å². The molecule has 3 rings (SSSR count). The van der Waals surface area contributed by atoms with Crippen molar-refractivity contribution in [2.45, 2.75) is 32.6 Å². The van der Waals surface area contributed by atoms with Crippen LogP contribution in [0.15, 0.2) is 36.4 Å². The van der Waals surface area contributed by atoms with Gasteiger partial charge in [0.1, 0.15) is 0 Å². The number of aromatic nitrogens is 2. The van der Waals surface area contributed by atoms with Crippen molar-refractivity contribution in [2.75, 3.05) is 0 Å². The van der Waals surface area contributed by atoms with Gasteiger partial charge >= 0.3 is 0 Å². The Morgan fingerprint density at radius 3 is 2.44 bits per heavy atom. The second-order valence-electron chi connectivity index (χ2n) is 3.85. The zero-order chi connectivity index (χ0) is 11.4. The molecule has 1 aliphatic rings. The molecule has 1 fully saturated rings. The van der Waals surface area contributed by atoms with Gasteiger partial charge in [0.15, 0.2) is 0 Å². The maximum atomic E-state index is 4.32. The Kier molecular flexibility index (Phi) is 3.40. The van der Waals surface area contributed by atoms with E-state index < -0.39 is 0 Å². The molecular formula is C14H18N2. The minimum atomic E-state index is 0.750. The summed E-state index contributed by atoms with van der Waals surface area (Å²) < 4.78 is 0. The van der Waals surface area contributed by atoms with Crippen LogP contribution in [0.1, 0.15) is 38.3 Å². The fourth-order valence-corrected chi connectivity index (χ4v) is 1.70. The highest BCUT2D eigenvalue weighted by Gasteiger charge is 2.25. The van der Waals surface area contributed by atoms with Crippen LogP contribution in [-0.4, -0.2) is 10.2 Å². The Morgan fingerprint density at radius 2 is 1.81 bits per heavy atom. The van der Waals surface area contributed by atoms with E-state index in [1.165, 1.54) is 24.1 Å². The van der Waals surface area contributed by atoms with Gasteiger partial charge in [-0.1, -0.05) is 44.2 Å². The number of hydrogen-bond donors (Lipinski definition) is 1. The number of nitrogens with one attached hydrogen (secondary N) is 1. The van der Waals surface area contributed by atoms with Crippen LogP contribution in [0, 0.1) is 0 Å². The molecule has 0 unspecified atom stereocenters. The van der Waals surface area contributed by atoms with Crippen LogP contribution >= 0.6 is 0 Å². The predicted octanol–water partition coefficient (Wildman–Crippen LogP) is 3.98. The van der Waals surface area contributed by atoms with Gasteiger partial charge < -0.3 is 0 Å². The molecule has 84 valence electrons. The van der Waals surface area contributed by atoms with Crippen molar-refractivity contribution in [3.05, 3.63) is 42.1 Å². The van der Waals surface area contributed by atoms with Crippen LogP contribution in [0.2, 0.25) is 0 Å². The molecule has 0 amide bonds. The van der Waals surface area contributed by atoms with Crippen molar-refractivity contribution in [1.82, 2.24) is 10.2 Å². The normalized spacial score (nSPS) is 14.1. The second kappa shape index (κ2) is 4.97. The van der Waals surface area contributed by atoms with Crippen molar-refractivity contribution in [2.24, 2.45) is 0 Å². The van der Waals surface area contributed by atoms with E-state index in [0.717, 1.165) is 11.6 Å². The molecule has 2 aromatic rings. The number of aromatic amines is 1. The van der Waals surface area contributed by atoms with Crippen LogP contribution in [0.25, 0.3) is 11.3 Å². The molecular weight excluding hydrogens is 196 g/mol. The number of rotatable bonds is 2. The number of nitrogens with zero attached hydrogens (tertiary/aromatic N) is 1. The lowest BCUT2D eigenvalue weighted by atomic mass is 10.1. The lowest BCUT2D eigenvalue weighted by Gasteiger charge is -1.92. The quantitative estimate of drug-likeness (QED) is 0.804. The second-order valence-corrected chi connectivity index (χ2v) is 3.85. The van der Waals surface area contributed by atoms with Gasteiger partial charge in [0.25, 0.3) is 0 Å². The van der Waals surface area contributed by atoms with Crippen LogP contribution in [0.5, 0.6) is 0 Å². The summed E-state index contributed by atoms with van der Waals surface area (Å²) in [6.07, 6.45) is 2.63. The van der Waals surface area contributed by atoms with E-state index in [1.807, 2.05) is 32.0 Å². The van der Waals surface area contributed by atoms with Gasteiger partial charge in [0.05, 0.1) is 5.69 Å². The third kappa shape index (κ3) is 2.32. The van der Waals surface area contributed by atoms with E-state index in [0.29, 0.717) is 0 Å². The molecule has 1 aromatic heterocycles. The standard InChI is InChI=1S/C12H12N2.C2H6/c1-2-4-9(5-3-1)11-8-12(14-13-11)10-6-7-10;1-2/h1-5,8,10H,6-7H2,(H,13,14);1-2H3. The zero-order valence-electron chi connectivity index (χ0n) is 9.90. The maximum Gasteiger partial charge on any atom is 0.0923 e. The summed E-state index contributed by atoms with van der Waals surface area (Å²) in [5, 5.41) is 7.44. The van der Waals surface area contributed by atoms with E-state index in [1.54, 1.807) is 0 Å². The summed E-state index contributed by atoms with van der Waals surface area (Å²) >= 11 is 0. The minimum Gasteiger partial charge on any atom is -0.282 e. The van der Waals surface area contributed by atoms with Crippen LogP contribution in [0.4, 0.5) is 0 Å². The summed E-state index contributed by atoms with van der Waals surface area (Å²) in [6, 6.07) is 12.5.